The summed E-state index contributed by atoms with van der Waals surface area (Å²) in [6.45, 7) is 0. The van der Waals surface area contributed by atoms with Crippen LogP contribution in [0.5, 0.6) is 0 Å². The number of nitrogens with zero attached hydrogens (tertiary/aromatic N) is 3. The topological polar surface area (TPSA) is 93.5 Å². The van der Waals surface area contributed by atoms with Crippen molar-refractivity contribution in [2.24, 2.45) is 0 Å². The Kier molecular flexibility index (Phi) is 2.42. The van der Waals surface area contributed by atoms with E-state index in [0.29, 0.717) is 11.5 Å². The predicted octanol–water partition coefficient (Wildman–Crippen LogP) is 1.68. The van der Waals surface area contributed by atoms with Crippen LogP contribution in [0.15, 0.2) is 42.6 Å². The summed E-state index contributed by atoms with van der Waals surface area (Å²) in [5.74, 6) is -0.733. The fourth-order valence-electron chi connectivity index (χ4n) is 1.89. The number of carboxylic acids is 1. The van der Waals surface area contributed by atoms with E-state index in [1.165, 1.54) is 10.7 Å². The molecule has 0 bridgehead atoms. The normalized spacial score (nSPS) is 10.7. The minimum absolute atomic E-state index is 0.0319. The van der Waals surface area contributed by atoms with Crippen molar-refractivity contribution in [1.29, 1.82) is 0 Å². The maximum absolute atomic E-state index is 11.1. The van der Waals surface area contributed by atoms with Crippen LogP contribution in [0.1, 0.15) is 10.4 Å². The standard InChI is InChI=1S/C13H10N4O2/c14-11-6-10(8-4-2-1-3-5-8)16-12-9(13(18)19)7-15-17(11)12/h1-7H,14H2,(H,18,19). The SMILES string of the molecule is Nc1cc(-c2ccccc2)nc2c(C(=O)O)cnn12. The molecule has 3 N–H and O–H groups in total. The summed E-state index contributed by atoms with van der Waals surface area (Å²) in [5.41, 5.74) is 7.64. The number of rotatable bonds is 2. The van der Waals surface area contributed by atoms with Gasteiger partial charge >= 0.3 is 5.97 Å². The highest BCUT2D eigenvalue weighted by Crippen LogP contribution is 2.21. The van der Waals surface area contributed by atoms with E-state index in [0.717, 1.165) is 5.56 Å². The van der Waals surface area contributed by atoms with E-state index < -0.39 is 5.97 Å². The summed E-state index contributed by atoms with van der Waals surface area (Å²) in [6, 6.07) is 11.1. The first kappa shape index (κ1) is 11.2. The van der Waals surface area contributed by atoms with Crippen molar-refractivity contribution in [1.82, 2.24) is 14.6 Å². The Morgan fingerprint density at radius 1 is 1.26 bits per heavy atom. The molecule has 19 heavy (non-hydrogen) atoms. The van der Waals surface area contributed by atoms with Crippen molar-refractivity contribution in [3.63, 3.8) is 0 Å². The number of nitrogens with two attached hydrogens (primary N) is 1. The molecule has 3 rings (SSSR count). The Labute approximate surface area is 108 Å². The van der Waals surface area contributed by atoms with Crippen molar-refractivity contribution in [2.45, 2.75) is 0 Å². The van der Waals surface area contributed by atoms with Crippen LogP contribution in [-0.4, -0.2) is 25.7 Å². The van der Waals surface area contributed by atoms with Crippen molar-refractivity contribution < 1.29 is 9.90 Å². The maximum atomic E-state index is 11.1. The lowest BCUT2D eigenvalue weighted by Gasteiger charge is -2.04. The molecule has 3 aromatic rings. The molecule has 6 nitrogen and oxygen atoms in total. The van der Waals surface area contributed by atoms with Crippen LogP contribution >= 0.6 is 0 Å². The van der Waals surface area contributed by atoms with Gasteiger partial charge in [-0.05, 0) is 0 Å². The van der Waals surface area contributed by atoms with E-state index in [2.05, 4.69) is 10.1 Å². The molecule has 0 amide bonds. The molecule has 0 aliphatic rings. The molecule has 94 valence electrons. The van der Waals surface area contributed by atoms with Crippen LogP contribution in [0.3, 0.4) is 0 Å². The van der Waals surface area contributed by atoms with Gasteiger partial charge in [0, 0.05) is 11.6 Å². The Bertz CT molecular complexity index is 765. The number of anilines is 1. The quantitative estimate of drug-likeness (QED) is 0.725. The number of aromatic carboxylic acids is 1. The van der Waals surface area contributed by atoms with Gasteiger partial charge in [-0.3, -0.25) is 0 Å². The number of fused-ring (bicyclic) bond motifs is 1. The van der Waals surface area contributed by atoms with Gasteiger partial charge < -0.3 is 10.8 Å². The second-order valence-corrected chi connectivity index (χ2v) is 4.03. The summed E-state index contributed by atoms with van der Waals surface area (Å²) in [6.07, 6.45) is 1.25. The van der Waals surface area contributed by atoms with E-state index in [4.69, 9.17) is 10.8 Å². The lowest BCUT2D eigenvalue weighted by Crippen LogP contribution is -2.03. The molecule has 2 aromatic heterocycles. The fraction of sp³-hybridized carbons (Fsp3) is 0. The van der Waals surface area contributed by atoms with Crippen molar-refractivity contribution >= 4 is 17.4 Å². The molecule has 6 heteroatoms. The summed E-state index contributed by atoms with van der Waals surface area (Å²) in [4.78, 5) is 15.4. The van der Waals surface area contributed by atoms with Gasteiger partial charge in [-0.25, -0.2) is 9.78 Å². The number of hydrogen-bond donors (Lipinski definition) is 2. The largest absolute Gasteiger partial charge is 0.477 e. The molecule has 0 radical (unpaired) electrons. The monoisotopic (exact) mass is 254 g/mol. The second kappa shape index (κ2) is 4.09. The highest BCUT2D eigenvalue weighted by molar-refractivity contribution is 5.94. The molecule has 0 atom stereocenters. The van der Waals surface area contributed by atoms with E-state index in [1.807, 2.05) is 30.3 Å². The molecule has 1 aromatic carbocycles. The predicted molar refractivity (Wildman–Crippen MR) is 69.8 cm³/mol. The van der Waals surface area contributed by atoms with Crippen LogP contribution in [0, 0.1) is 0 Å². The van der Waals surface area contributed by atoms with E-state index in [-0.39, 0.29) is 11.2 Å². The molecule has 0 saturated carbocycles. The first-order valence-corrected chi connectivity index (χ1v) is 5.60. The smallest absolute Gasteiger partial charge is 0.341 e. The number of carboxylic acid groups (broad SMARTS) is 1. The Balaban J connectivity index is 2.28. The van der Waals surface area contributed by atoms with Gasteiger partial charge in [0.25, 0.3) is 0 Å². The zero-order chi connectivity index (χ0) is 13.4. The lowest BCUT2D eigenvalue weighted by molar-refractivity contribution is 0.0699. The zero-order valence-corrected chi connectivity index (χ0v) is 9.82. The second-order valence-electron chi connectivity index (χ2n) is 4.03. The highest BCUT2D eigenvalue weighted by Gasteiger charge is 2.15. The molecule has 0 unspecified atom stereocenters. The Morgan fingerprint density at radius 3 is 2.68 bits per heavy atom. The average Bonchev–Trinajstić information content (AvgIpc) is 2.84. The highest BCUT2D eigenvalue weighted by atomic mass is 16.4. The van der Waals surface area contributed by atoms with Crippen molar-refractivity contribution in [3.8, 4) is 11.3 Å². The summed E-state index contributed by atoms with van der Waals surface area (Å²) < 4.78 is 1.32. The van der Waals surface area contributed by atoms with Crippen LogP contribution in [0.4, 0.5) is 5.82 Å². The van der Waals surface area contributed by atoms with Gasteiger partial charge in [-0.15, -0.1) is 0 Å². The van der Waals surface area contributed by atoms with Gasteiger partial charge in [0.15, 0.2) is 5.65 Å². The molecule has 0 spiro atoms. The maximum Gasteiger partial charge on any atom is 0.341 e. The number of carbonyl (C=O) groups is 1. The first-order chi connectivity index (χ1) is 9.16. The lowest BCUT2D eigenvalue weighted by atomic mass is 10.1. The third-order valence-corrected chi connectivity index (χ3v) is 2.80. The molecule has 0 aliphatic carbocycles. The summed E-state index contributed by atoms with van der Waals surface area (Å²) >= 11 is 0. The van der Waals surface area contributed by atoms with Crippen LogP contribution in [0.2, 0.25) is 0 Å². The third-order valence-electron chi connectivity index (χ3n) is 2.80. The van der Waals surface area contributed by atoms with Gasteiger partial charge in [0.2, 0.25) is 0 Å². The molecular weight excluding hydrogens is 244 g/mol. The molecule has 0 saturated heterocycles. The third kappa shape index (κ3) is 1.79. The molecule has 0 aliphatic heterocycles. The van der Waals surface area contributed by atoms with E-state index in [9.17, 15) is 4.79 Å². The van der Waals surface area contributed by atoms with Crippen molar-refractivity contribution in [3.05, 3.63) is 48.2 Å². The van der Waals surface area contributed by atoms with Crippen molar-refractivity contribution in [2.75, 3.05) is 5.73 Å². The Morgan fingerprint density at radius 2 is 2.00 bits per heavy atom. The minimum atomic E-state index is -1.08. The fourth-order valence-corrected chi connectivity index (χ4v) is 1.89. The van der Waals surface area contributed by atoms with Gasteiger partial charge in [0.1, 0.15) is 11.4 Å². The molecular formula is C13H10N4O2. The van der Waals surface area contributed by atoms with Gasteiger partial charge in [-0.1, -0.05) is 30.3 Å². The number of nitrogen functional groups attached to an aromatic ring is 1. The summed E-state index contributed by atoms with van der Waals surface area (Å²) in [5, 5.41) is 13.0. The van der Waals surface area contributed by atoms with Crippen LogP contribution < -0.4 is 5.73 Å². The van der Waals surface area contributed by atoms with E-state index in [1.54, 1.807) is 6.07 Å². The number of hydrogen-bond acceptors (Lipinski definition) is 4. The van der Waals surface area contributed by atoms with E-state index >= 15 is 0 Å². The first-order valence-electron chi connectivity index (χ1n) is 5.60. The number of aromatic nitrogens is 3. The average molecular weight is 254 g/mol. The summed E-state index contributed by atoms with van der Waals surface area (Å²) in [7, 11) is 0. The molecule has 2 heterocycles. The van der Waals surface area contributed by atoms with Crippen LogP contribution in [0.25, 0.3) is 16.9 Å². The number of benzene rings is 1. The van der Waals surface area contributed by atoms with Crippen LogP contribution in [-0.2, 0) is 0 Å². The Hall–Kier alpha value is -2.89. The minimum Gasteiger partial charge on any atom is -0.477 e. The van der Waals surface area contributed by atoms with Gasteiger partial charge in [-0.2, -0.15) is 9.61 Å². The van der Waals surface area contributed by atoms with Gasteiger partial charge in [0.05, 0.1) is 11.9 Å². The molecule has 0 fully saturated rings. The zero-order valence-electron chi connectivity index (χ0n) is 9.82.